The lowest BCUT2D eigenvalue weighted by molar-refractivity contribution is -0.138. The molecule has 0 aromatic heterocycles. The highest BCUT2D eigenvalue weighted by molar-refractivity contribution is 9.09. The first-order valence-corrected chi connectivity index (χ1v) is 6.36. The molecule has 0 aliphatic rings. The number of carbonyl (C=O) groups excluding carboxylic acids is 1. The molecule has 0 bridgehead atoms. The minimum atomic E-state index is -0.297. The summed E-state index contributed by atoms with van der Waals surface area (Å²) in [6.45, 7) is 2.16. The van der Waals surface area contributed by atoms with Crippen LogP contribution in [0.4, 0.5) is 0 Å². The molecule has 0 heterocycles. The predicted octanol–water partition coefficient (Wildman–Crippen LogP) is 3.68. The largest absolute Gasteiger partial charge is 0.463 e. The highest BCUT2D eigenvalue weighted by atomic mass is 79.9. The SMILES string of the molecule is CCOC(=O)/C(=C/c1ccc(Cl)cc1)CBr. The van der Waals surface area contributed by atoms with Crippen molar-refractivity contribution in [3.8, 4) is 0 Å². The number of halogens is 2. The predicted molar refractivity (Wildman–Crippen MR) is 69.9 cm³/mol. The summed E-state index contributed by atoms with van der Waals surface area (Å²) >= 11 is 9.04. The van der Waals surface area contributed by atoms with Crippen LogP contribution in [-0.2, 0) is 9.53 Å². The van der Waals surface area contributed by atoms with E-state index in [1.165, 1.54) is 0 Å². The van der Waals surface area contributed by atoms with Crippen LogP contribution >= 0.6 is 27.5 Å². The second-order valence-electron chi connectivity index (χ2n) is 3.08. The van der Waals surface area contributed by atoms with Gasteiger partial charge in [-0.3, -0.25) is 0 Å². The van der Waals surface area contributed by atoms with Gasteiger partial charge in [0.1, 0.15) is 0 Å². The summed E-state index contributed by atoms with van der Waals surface area (Å²) in [5.41, 5.74) is 1.51. The number of carbonyl (C=O) groups is 1. The Balaban J connectivity index is 2.87. The molecule has 0 atom stereocenters. The lowest BCUT2D eigenvalue weighted by Gasteiger charge is -2.03. The number of hydrogen-bond donors (Lipinski definition) is 0. The first-order chi connectivity index (χ1) is 7.67. The molecule has 1 rings (SSSR count). The molecule has 0 radical (unpaired) electrons. The third-order valence-corrected chi connectivity index (χ3v) is 2.75. The van der Waals surface area contributed by atoms with E-state index in [1.807, 2.05) is 12.1 Å². The Hall–Kier alpha value is -0.800. The molecule has 0 amide bonds. The zero-order valence-corrected chi connectivity index (χ0v) is 11.2. The van der Waals surface area contributed by atoms with E-state index >= 15 is 0 Å². The fourth-order valence-corrected chi connectivity index (χ4v) is 1.65. The molecule has 4 heteroatoms. The molecule has 86 valence electrons. The summed E-state index contributed by atoms with van der Waals surface area (Å²) in [5.74, 6) is -0.297. The van der Waals surface area contributed by atoms with Gasteiger partial charge in [-0.2, -0.15) is 0 Å². The van der Waals surface area contributed by atoms with Crippen LogP contribution in [0.15, 0.2) is 29.8 Å². The van der Waals surface area contributed by atoms with Crippen LogP contribution in [0.3, 0.4) is 0 Å². The van der Waals surface area contributed by atoms with Crippen LogP contribution < -0.4 is 0 Å². The highest BCUT2D eigenvalue weighted by Gasteiger charge is 2.08. The van der Waals surface area contributed by atoms with E-state index in [0.29, 0.717) is 22.5 Å². The lowest BCUT2D eigenvalue weighted by atomic mass is 10.1. The van der Waals surface area contributed by atoms with E-state index in [4.69, 9.17) is 16.3 Å². The van der Waals surface area contributed by atoms with Crippen LogP contribution in [-0.4, -0.2) is 17.9 Å². The molecule has 0 aliphatic carbocycles. The van der Waals surface area contributed by atoms with E-state index in [9.17, 15) is 4.79 Å². The number of rotatable bonds is 4. The maximum Gasteiger partial charge on any atom is 0.334 e. The van der Waals surface area contributed by atoms with Gasteiger partial charge in [0.2, 0.25) is 0 Å². The van der Waals surface area contributed by atoms with E-state index in [2.05, 4.69) is 15.9 Å². The van der Waals surface area contributed by atoms with Crippen molar-refractivity contribution in [1.29, 1.82) is 0 Å². The third kappa shape index (κ3) is 3.99. The molecule has 0 saturated heterocycles. The summed E-state index contributed by atoms with van der Waals surface area (Å²) in [4.78, 5) is 11.5. The standard InChI is InChI=1S/C12H12BrClO2/c1-2-16-12(15)10(8-13)7-9-3-5-11(14)6-4-9/h3-7H,2,8H2,1H3/b10-7+. The van der Waals surface area contributed by atoms with E-state index in [1.54, 1.807) is 25.1 Å². The average Bonchev–Trinajstić information content (AvgIpc) is 2.28. The summed E-state index contributed by atoms with van der Waals surface area (Å²) in [5, 5.41) is 1.14. The molecule has 0 fully saturated rings. The van der Waals surface area contributed by atoms with E-state index < -0.39 is 0 Å². The van der Waals surface area contributed by atoms with Crippen LogP contribution in [0.1, 0.15) is 12.5 Å². The minimum absolute atomic E-state index is 0.297. The van der Waals surface area contributed by atoms with Crippen molar-refractivity contribution >= 4 is 39.6 Å². The summed E-state index contributed by atoms with van der Waals surface area (Å²) in [6.07, 6.45) is 1.78. The van der Waals surface area contributed by atoms with Crippen molar-refractivity contribution in [3.63, 3.8) is 0 Å². The number of alkyl halides is 1. The van der Waals surface area contributed by atoms with Gasteiger partial charge in [-0.05, 0) is 30.7 Å². The highest BCUT2D eigenvalue weighted by Crippen LogP contribution is 2.14. The Labute approximate surface area is 108 Å². The molecule has 0 unspecified atom stereocenters. The van der Waals surface area contributed by atoms with Gasteiger partial charge in [-0.25, -0.2) is 4.79 Å². The summed E-state index contributed by atoms with van der Waals surface area (Å²) in [7, 11) is 0. The second kappa shape index (κ2) is 6.71. The molecule has 1 aromatic carbocycles. The maximum atomic E-state index is 11.5. The molecule has 1 aromatic rings. The Morgan fingerprint density at radius 1 is 1.44 bits per heavy atom. The zero-order valence-electron chi connectivity index (χ0n) is 8.87. The Kier molecular flexibility index (Phi) is 5.56. The number of ether oxygens (including phenoxy) is 1. The minimum Gasteiger partial charge on any atom is -0.463 e. The van der Waals surface area contributed by atoms with Crippen LogP contribution in [0.25, 0.3) is 6.08 Å². The van der Waals surface area contributed by atoms with Gasteiger partial charge in [-0.15, -0.1) is 0 Å². The van der Waals surface area contributed by atoms with Gasteiger partial charge in [0.05, 0.1) is 6.61 Å². The first kappa shape index (κ1) is 13.3. The van der Waals surface area contributed by atoms with Gasteiger partial charge in [0, 0.05) is 15.9 Å². The summed E-state index contributed by atoms with van der Waals surface area (Å²) in [6, 6.07) is 7.27. The van der Waals surface area contributed by atoms with Crippen molar-refractivity contribution in [2.75, 3.05) is 11.9 Å². The Bertz CT molecular complexity index is 385. The molecular weight excluding hydrogens is 291 g/mol. The quantitative estimate of drug-likeness (QED) is 0.482. The normalized spacial score (nSPS) is 11.3. The molecule has 0 aliphatic heterocycles. The van der Waals surface area contributed by atoms with Crippen LogP contribution in [0.2, 0.25) is 5.02 Å². The molecule has 0 N–H and O–H groups in total. The van der Waals surface area contributed by atoms with Gasteiger partial charge in [0.25, 0.3) is 0 Å². The second-order valence-corrected chi connectivity index (χ2v) is 4.07. The van der Waals surface area contributed by atoms with Gasteiger partial charge < -0.3 is 4.74 Å². The van der Waals surface area contributed by atoms with Gasteiger partial charge in [-0.1, -0.05) is 39.7 Å². The van der Waals surface area contributed by atoms with Crippen molar-refractivity contribution in [3.05, 3.63) is 40.4 Å². The lowest BCUT2D eigenvalue weighted by Crippen LogP contribution is -2.08. The smallest absolute Gasteiger partial charge is 0.334 e. The fraction of sp³-hybridized carbons (Fsp3) is 0.250. The monoisotopic (exact) mass is 302 g/mol. The Morgan fingerprint density at radius 2 is 2.06 bits per heavy atom. The third-order valence-electron chi connectivity index (χ3n) is 1.89. The van der Waals surface area contributed by atoms with Crippen molar-refractivity contribution in [1.82, 2.24) is 0 Å². The first-order valence-electron chi connectivity index (χ1n) is 4.86. The molecule has 2 nitrogen and oxygen atoms in total. The fourth-order valence-electron chi connectivity index (χ4n) is 1.14. The van der Waals surface area contributed by atoms with Crippen LogP contribution in [0.5, 0.6) is 0 Å². The van der Waals surface area contributed by atoms with Crippen molar-refractivity contribution in [2.24, 2.45) is 0 Å². The van der Waals surface area contributed by atoms with Gasteiger partial charge >= 0.3 is 5.97 Å². The van der Waals surface area contributed by atoms with E-state index in [0.717, 1.165) is 5.56 Å². The van der Waals surface area contributed by atoms with Crippen LogP contribution in [0, 0.1) is 0 Å². The maximum absolute atomic E-state index is 11.5. The molecule has 0 spiro atoms. The van der Waals surface area contributed by atoms with Gasteiger partial charge in [0.15, 0.2) is 0 Å². The topological polar surface area (TPSA) is 26.3 Å². The van der Waals surface area contributed by atoms with E-state index in [-0.39, 0.29) is 5.97 Å². The molecule has 0 saturated carbocycles. The Morgan fingerprint density at radius 3 is 2.56 bits per heavy atom. The van der Waals surface area contributed by atoms with Crippen molar-refractivity contribution in [2.45, 2.75) is 6.92 Å². The van der Waals surface area contributed by atoms with Crippen molar-refractivity contribution < 1.29 is 9.53 Å². The molecular formula is C12H12BrClO2. The zero-order chi connectivity index (χ0) is 12.0. The summed E-state index contributed by atoms with van der Waals surface area (Å²) < 4.78 is 4.93. The number of hydrogen-bond acceptors (Lipinski definition) is 2. The average molecular weight is 304 g/mol. The molecule has 16 heavy (non-hydrogen) atoms. The number of esters is 1. The number of benzene rings is 1.